The Morgan fingerprint density at radius 1 is 1.15 bits per heavy atom. The topological polar surface area (TPSA) is 68.0 Å². The van der Waals surface area contributed by atoms with Gasteiger partial charge in [-0.1, -0.05) is 29.4 Å². The summed E-state index contributed by atoms with van der Waals surface area (Å²) in [6, 6.07) is 8.01. The van der Waals surface area contributed by atoms with E-state index in [1.54, 1.807) is 0 Å². The molecular weight excluding hydrogens is 338 g/mol. The maximum Gasteiger partial charge on any atom is 0.228 e. The van der Waals surface area contributed by atoms with Crippen LogP contribution in [0.5, 0.6) is 0 Å². The summed E-state index contributed by atoms with van der Waals surface area (Å²) in [5.74, 6) is 3.83. The second-order valence-corrected chi connectivity index (χ2v) is 9.03. The minimum atomic E-state index is -0.0874. The minimum absolute atomic E-state index is 0.0874. The summed E-state index contributed by atoms with van der Waals surface area (Å²) in [5.41, 5.74) is 2.03. The lowest BCUT2D eigenvalue weighted by Crippen LogP contribution is -2.53. The summed E-state index contributed by atoms with van der Waals surface area (Å²) in [7, 11) is 0. The third-order valence-corrected chi connectivity index (χ3v) is 7.00. The van der Waals surface area contributed by atoms with Crippen molar-refractivity contribution >= 4 is 5.91 Å². The van der Waals surface area contributed by atoms with E-state index in [0.29, 0.717) is 24.7 Å². The first-order valence-electron chi connectivity index (χ1n) is 10.3. The van der Waals surface area contributed by atoms with E-state index in [1.165, 1.54) is 19.3 Å². The monoisotopic (exact) mass is 365 g/mol. The van der Waals surface area contributed by atoms with Gasteiger partial charge in [-0.25, -0.2) is 0 Å². The Labute approximate surface area is 159 Å². The highest BCUT2D eigenvalue weighted by molar-refractivity contribution is 5.83. The molecule has 0 spiro atoms. The van der Waals surface area contributed by atoms with E-state index in [9.17, 15) is 4.79 Å². The Hall–Kier alpha value is -2.17. The van der Waals surface area contributed by atoms with Crippen LogP contribution < -0.4 is 5.32 Å². The van der Waals surface area contributed by atoms with E-state index >= 15 is 0 Å². The molecule has 1 aromatic heterocycles. The first-order valence-corrected chi connectivity index (χ1v) is 10.3. The van der Waals surface area contributed by atoms with Gasteiger partial charge in [0.25, 0.3) is 0 Å². The lowest BCUT2D eigenvalue weighted by Gasteiger charge is -2.55. The molecule has 1 N–H and O–H groups in total. The number of nitrogens with zero attached hydrogens (tertiary/aromatic N) is 2. The molecule has 4 fully saturated rings. The number of carbonyl (C=O) groups is 1. The summed E-state index contributed by atoms with van der Waals surface area (Å²) < 4.78 is 5.39. The normalized spacial score (nSPS) is 31.2. The Bertz CT molecular complexity index is 821. The zero-order valence-electron chi connectivity index (χ0n) is 15.9. The van der Waals surface area contributed by atoms with Crippen LogP contribution in [0.1, 0.15) is 50.0 Å². The average molecular weight is 365 g/mol. The number of aromatic nitrogens is 2. The smallest absolute Gasteiger partial charge is 0.228 e. The number of benzene rings is 1. The number of hydrogen-bond donors (Lipinski definition) is 1. The molecule has 4 aliphatic rings. The second kappa shape index (κ2) is 6.47. The van der Waals surface area contributed by atoms with Crippen LogP contribution in [0.3, 0.4) is 0 Å². The third kappa shape index (κ3) is 3.07. The fourth-order valence-electron chi connectivity index (χ4n) is 6.15. The molecule has 0 atom stereocenters. The largest absolute Gasteiger partial charge is 0.355 e. The summed E-state index contributed by atoms with van der Waals surface area (Å²) in [4.78, 5) is 17.5. The highest BCUT2D eigenvalue weighted by Crippen LogP contribution is 2.60. The van der Waals surface area contributed by atoms with Crippen molar-refractivity contribution in [2.24, 2.45) is 23.2 Å². The molecule has 0 saturated heterocycles. The van der Waals surface area contributed by atoms with Crippen molar-refractivity contribution in [2.75, 3.05) is 6.54 Å². The van der Waals surface area contributed by atoms with Gasteiger partial charge >= 0.3 is 0 Å². The van der Waals surface area contributed by atoms with Crippen molar-refractivity contribution in [3.05, 3.63) is 35.7 Å². The molecule has 27 heavy (non-hydrogen) atoms. The SMILES string of the molecule is Cc1ccccc1-c1noc(CCNC(=O)C23CC4CC(CC(C4)C2)C3)n1. The van der Waals surface area contributed by atoms with Crippen molar-refractivity contribution in [2.45, 2.75) is 51.9 Å². The standard InChI is InChI=1S/C22H27N3O2/c1-14-4-2-3-5-18(14)20-24-19(27-25-20)6-7-23-21(26)22-11-15-8-16(12-22)10-17(9-15)13-22/h2-5,15-17H,6-13H2,1H3,(H,23,26). The van der Waals surface area contributed by atoms with Crippen LogP contribution in [0.2, 0.25) is 0 Å². The molecule has 2 aromatic rings. The molecule has 0 radical (unpaired) electrons. The van der Waals surface area contributed by atoms with Gasteiger partial charge in [-0.05, 0) is 68.8 Å². The summed E-state index contributed by atoms with van der Waals surface area (Å²) in [6.45, 7) is 2.60. The van der Waals surface area contributed by atoms with E-state index in [0.717, 1.165) is 48.1 Å². The maximum absolute atomic E-state index is 13.0. The molecule has 5 heteroatoms. The minimum Gasteiger partial charge on any atom is -0.355 e. The van der Waals surface area contributed by atoms with Crippen LogP contribution in [-0.4, -0.2) is 22.6 Å². The van der Waals surface area contributed by atoms with Crippen molar-refractivity contribution in [3.63, 3.8) is 0 Å². The van der Waals surface area contributed by atoms with Crippen LogP contribution in [-0.2, 0) is 11.2 Å². The number of aryl methyl sites for hydroxylation is 1. The number of rotatable bonds is 5. The van der Waals surface area contributed by atoms with Crippen molar-refractivity contribution in [3.8, 4) is 11.4 Å². The fourth-order valence-corrected chi connectivity index (χ4v) is 6.15. The molecule has 0 aliphatic heterocycles. The van der Waals surface area contributed by atoms with Gasteiger partial charge in [0.1, 0.15) is 0 Å². The van der Waals surface area contributed by atoms with E-state index < -0.39 is 0 Å². The van der Waals surface area contributed by atoms with Gasteiger partial charge in [-0.15, -0.1) is 0 Å². The van der Waals surface area contributed by atoms with Crippen molar-refractivity contribution < 1.29 is 9.32 Å². The van der Waals surface area contributed by atoms with E-state index in [1.807, 2.05) is 31.2 Å². The van der Waals surface area contributed by atoms with Gasteiger partial charge in [0.05, 0.1) is 0 Å². The van der Waals surface area contributed by atoms with Gasteiger partial charge in [-0.3, -0.25) is 4.79 Å². The Morgan fingerprint density at radius 2 is 1.81 bits per heavy atom. The van der Waals surface area contributed by atoms with Crippen molar-refractivity contribution in [1.82, 2.24) is 15.5 Å². The summed E-state index contributed by atoms with van der Waals surface area (Å²) in [6.07, 6.45) is 7.95. The van der Waals surface area contributed by atoms with E-state index in [-0.39, 0.29) is 11.3 Å². The third-order valence-electron chi connectivity index (χ3n) is 7.00. The quantitative estimate of drug-likeness (QED) is 0.872. The molecule has 4 saturated carbocycles. The van der Waals surface area contributed by atoms with E-state index in [4.69, 9.17) is 4.52 Å². The highest BCUT2D eigenvalue weighted by atomic mass is 16.5. The lowest BCUT2D eigenvalue weighted by molar-refractivity contribution is -0.146. The number of amides is 1. The molecule has 5 nitrogen and oxygen atoms in total. The number of nitrogens with one attached hydrogen (secondary N) is 1. The maximum atomic E-state index is 13.0. The van der Waals surface area contributed by atoms with Crippen LogP contribution in [0.4, 0.5) is 0 Å². The van der Waals surface area contributed by atoms with E-state index in [2.05, 4.69) is 15.5 Å². The fraction of sp³-hybridized carbons (Fsp3) is 0.591. The summed E-state index contributed by atoms with van der Waals surface area (Å²) in [5, 5.41) is 7.28. The molecule has 6 rings (SSSR count). The Balaban J connectivity index is 1.20. The van der Waals surface area contributed by atoms with Gasteiger partial charge in [0, 0.05) is 23.9 Å². The van der Waals surface area contributed by atoms with Gasteiger partial charge in [0.2, 0.25) is 17.6 Å². The first-order chi connectivity index (χ1) is 13.1. The average Bonchev–Trinajstić information content (AvgIpc) is 3.09. The Kier molecular flexibility index (Phi) is 4.06. The predicted octanol–water partition coefficient (Wildman–Crippen LogP) is 3.92. The molecule has 4 bridgehead atoms. The summed E-state index contributed by atoms with van der Waals surface area (Å²) >= 11 is 0. The lowest BCUT2D eigenvalue weighted by atomic mass is 9.49. The van der Waals surface area contributed by atoms with Crippen LogP contribution in [0.15, 0.2) is 28.8 Å². The molecule has 1 aromatic carbocycles. The first kappa shape index (κ1) is 17.0. The van der Waals surface area contributed by atoms with Crippen molar-refractivity contribution in [1.29, 1.82) is 0 Å². The zero-order valence-corrected chi connectivity index (χ0v) is 15.9. The molecular formula is C22H27N3O2. The van der Waals surface area contributed by atoms with Crippen LogP contribution >= 0.6 is 0 Å². The van der Waals surface area contributed by atoms with Crippen LogP contribution in [0.25, 0.3) is 11.4 Å². The predicted molar refractivity (Wildman–Crippen MR) is 102 cm³/mol. The number of carbonyl (C=O) groups excluding carboxylic acids is 1. The van der Waals surface area contributed by atoms with Gasteiger partial charge in [0.15, 0.2) is 0 Å². The van der Waals surface area contributed by atoms with Gasteiger partial charge < -0.3 is 9.84 Å². The number of hydrogen-bond acceptors (Lipinski definition) is 4. The molecule has 0 unspecified atom stereocenters. The molecule has 4 aliphatic carbocycles. The molecule has 1 amide bonds. The molecule has 1 heterocycles. The van der Waals surface area contributed by atoms with Crippen LogP contribution in [0, 0.1) is 30.1 Å². The van der Waals surface area contributed by atoms with Gasteiger partial charge in [-0.2, -0.15) is 4.98 Å². The highest BCUT2D eigenvalue weighted by Gasteiger charge is 2.54. The molecule has 142 valence electrons. The Morgan fingerprint density at radius 3 is 2.48 bits per heavy atom. The zero-order chi connectivity index (χ0) is 18.4. The second-order valence-electron chi connectivity index (χ2n) is 9.03.